The number of rotatable bonds is 2. The SMILES string of the molecule is CCc1c(Cl)nc2ccc(N3CCN(C(=O)OC(C)(C)C)CC3)cn2c1=O. The van der Waals surface area contributed by atoms with Gasteiger partial charge in [-0.15, -0.1) is 0 Å². The number of pyridine rings is 1. The Labute approximate surface area is 163 Å². The van der Waals surface area contributed by atoms with E-state index in [4.69, 9.17) is 16.3 Å². The van der Waals surface area contributed by atoms with E-state index >= 15 is 0 Å². The van der Waals surface area contributed by atoms with Crippen LogP contribution in [0.4, 0.5) is 10.5 Å². The van der Waals surface area contributed by atoms with Gasteiger partial charge in [0.2, 0.25) is 0 Å². The molecule has 1 aliphatic heterocycles. The lowest BCUT2D eigenvalue weighted by Crippen LogP contribution is -2.50. The van der Waals surface area contributed by atoms with Crippen LogP contribution in [-0.2, 0) is 11.2 Å². The number of amides is 1. The van der Waals surface area contributed by atoms with Gasteiger partial charge in [-0.25, -0.2) is 9.78 Å². The second-order valence-corrected chi connectivity index (χ2v) is 7.97. The summed E-state index contributed by atoms with van der Waals surface area (Å²) in [6, 6.07) is 3.72. The summed E-state index contributed by atoms with van der Waals surface area (Å²) in [7, 11) is 0. The number of fused-ring (bicyclic) bond motifs is 1. The number of nitrogens with zero attached hydrogens (tertiary/aromatic N) is 4. The van der Waals surface area contributed by atoms with Crippen LogP contribution in [-0.4, -0.2) is 52.2 Å². The maximum atomic E-state index is 12.6. The van der Waals surface area contributed by atoms with Gasteiger partial charge in [-0.1, -0.05) is 18.5 Å². The lowest BCUT2D eigenvalue weighted by atomic mass is 10.2. The summed E-state index contributed by atoms with van der Waals surface area (Å²) < 4.78 is 6.97. The first kappa shape index (κ1) is 19.5. The number of hydrogen-bond acceptors (Lipinski definition) is 5. The van der Waals surface area contributed by atoms with E-state index in [0.29, 0.717) is 43.8 Å². The molecule has 0 aromatic carbocycles. The third-order valence-electron chi connectivity index (χ3n) is 4.50. The van der Waals surface area contributed by atoms with Crippen LogP contribution in [0.25, 0.3) is 5.65 Å². The molecule has 3 rings (SSSR count). The molecule has 2 aromatic heterocycles. The molecule has 0 unspecified atom stereocenters. The van der Waals surface area contributed by atoms with Gasteiger partial charge in [-0.3, -0.25) is 9.20 Å². The highest BCUT2D eigenvalue weighted by Gasteiger charge is 2.26. The molecule has 0 radical (unpaired) electrons. The molecule has 7 nitrogen and oxygen atoms in total. The molecular formula is C19H25ClN4O3. The highest BCUT2D eigenvalue weighted by molar-refractivity contribution is 6.30. The van der Waals surface area contributed by atoms with Crippen molar-refractivity contribution in [2.24, 2.45) is 0 Å². The second-order valence-electron chi connectivity index (χ2n) is 7.61. The number of carbonyl (C=O) groups excluding carboxylic acids is 1. The van der Waals surface area contributed by atoms with E-state index in [0.717, 1.165) is 5.69 Å². The predicted molar refractivity (Wildman–Crippen MR) is 106 cm³/mol. The van der Waals surface area contributed by atoms with E-state index in [2.05, 4.69) is 9.88 Å². The third-order valence-corrected chi connectivity index (χ3v) is 4.81. The molecule has 1 amide bonds. The van der Waals surface area contributed by atoms with Crippen LogP contribution < -0.4 is 10.5 Å². The molecule has 2 aromatic rings. The Balaban J connectivity index is 1.78. The van der Waals surface area contributed by atoms with E-state index in [1.54, 1.807) is 21.6 Å². The fourth-order valence-electron chi connectivity index (χ4n) is 3.10. The number of ether oxygens (including phenoxy) is 1. The van der Waals surface area contributed by atoms with E-state index in [9.17, 15) is 9.59 Å². The molecule has 0 spiro atoms. The van der Waals surface area contributed by atoms with Crippen LogP contribution >= 0.6 is 11.6 Å². The third kappa shape index (κ3) is 4.18. The fraction of sp³-hybridized carbons (Fsp3) is 0.526. The molecule has 0 bridgehead atoms. The van der Waals surface area contributed by atoms with Crippen molar-refractivity contribution in [1.29, 1.82) is 0 Å². The number of carbonyl (C=O) groups is 1. The summed E-state index contributed by atoms with van der Waals surface area (Å²) in [5, 5.41) is 0.265. The first-order chi connectivity index (χ1) is 12.7. The van der Waals surface area contributed by atoms with Crippen molar-refractivity contribution in [2.45, 2.75) is 39.7 Å². The summed E-state index contributed by atoms with van der Waals surface area (Å²) in [4.78, 5) is 33.0. The minimum absolute atomic E-state index is 0.137. The van der Waals surface area contributed by atoms with Crippen LogP contribution in [0, 0.1) is 0 Å². The Morgan fingerprint density at radius 1 is 1.22 bits per heavy atom. The average molecular weight is 393 g/mol. The number of piperazine rings is 1. The lowest BCUT2D eigenvalue weighted by Gasteiger charge is -2.36. The second kappa shape index (κ2) is 7.38. The van der Waals surface area contributed by atoms with Gasteiger partial charge in [0.15, 0.2) is 0 Å². The maximum Gasteiger partial charge on any atom is 0.410 e. The minimum atomic E-state index is -0.501. The number of halogens is 1. The Morgan fingerprint density at radius 2 is 1.89 bits per heavy atom. The molecule has 1 fully saturated rings. The van der Waals surface area contributed by atoms with Crippen LogP contribution in [0.15, 0.2) is 23.1 Å². The molecule has 8 heteroatoms. The van der Waals surface area contributed by atoms with Crippen molar-refractivity contribution in [1.82, 2.24) is 14.3 Å². The van der Waals surface area contributed by atoms with Gasteiger partial charge in [0, 0.05) is 32.4 Å². The Bertz CT molecular complexity index is 912. The Morgan fingerprint density at radius 3 is 2.48 bits per heavy atom. The number of aromatic nitrogens is 2. The molecule has 0 atom stereocenters. The van der Waals surface area contributed by atoms with Crippen LogP contribution in [0.5, 0.6) is 0 Å². The minimum Gasteiger partial charge on any atom is -0.444 e. The van der Waals surface area contributed by atoms with Gasteiger partial charge in [-0.05, 0) is 39.3 Å². The zero-order chi connectivity index (χ0) is 19.8. The van der Waals surface area contributed by atoms with Gasteiger partial charge in [-0.2, -0.15) is 0 Å². The van der Waals surface area contributed by atoms with E-state index in [-0.39, 0.29) is 16.8 Å². The van der Waals surface area contributed by atoms with Crippen LogP contribution in [0.1, 0.15) is 33.3 Å². The van der Waals surface area contributed by atoms with E-state index in [1.807, 2.05) is 33.8 Å². The maximum absolute atomic E-state index is 12.6. The summed E-state index contributed by atoms with van der Waals surface area (Å²) >= 11 is 6.10. The first-order valence-electron chi connectivity index (χ1n) is 9.13. The number of hydrogen-bond donors (Lipinski definition) is 0. The molecule has 3 heterocycles. The molecule has 0 saturated carbocycles. The monoisotopic (exact) mass is 392 g/mol. The highest BCUT2D eigenvalue weighted by atomic mass is 35.5. The van der Waals surface area contributed by atoms with Crippen molar-refractivity contribution in [3.05, 3.63) is 39.4 Å². The molecule has 1 saturated heterocycles. The smallest absolute Gasteiger partial charge is 0.410 e. The average Bonchev–Trinajstić information content (AvgIpc) is 2.60. The van der Waals surface area contributed by atoms with Crippen LogP contribution in [0.3, 0.4) is 0 Å². The first-order valence-corrected chi connectivity index (χ1v) is 9.51. The van der Waals surface area contributed by atoms with Crippen molar-refractivity contribution in [3.8, 4) is 0 Å². The van der Waals surface area contributed by atoms with Crippen molar-refractivity contribution in [3.63, 3.8) is 0 Å². The molecule has 146 valence electrons. The standard InChI is InChI=1S/C19H25ClN4O3/c1-5-14-16(20)21-15-7-6-13(12-24(15)17(14)25)22-8-10-23(11-9-22)18(26)27-19(2,3)4/h6-7,12H,5,8-11H2,1-4H3. The molecule has 0 aliphatic carbocycles. The van der Waals surface area contributed by atoms with E-state index < -0.39 is 5.60 Å². The highest BCUT2D eigenvalue weighted by Crippen LogP contribution is 2.19. The summed E-state index contributed by atoms with van der Waals surface area (Å²) in [6.07, 6.45) is 2.04. The number of anilines is 1. The van der Waals surface area contributed by atoms with Crippen LogP contribution in [0.2, 0.25) is 5.15 Å². The zero-order valence-electron chi connectivity index (χ0n) is 16.2. The van der Waals surface area contributed by atoms with E-state index in [1.165, 1.54) is 0 Å². The summed E-state index contributed by atoms with van der Waals surface area (Å²) in [6.45, 7) is 9.94. The largest absolute Gasteiger partial charge is 0.444 e. The van der Waals surface area contributed by atoms with Gasteiger partial charge >= 0.3 is 6.09 Å². The fourth-order valence-corrected chi connectivity index (χ4v) is 3.40. The van der Waals surface area contributed by atoms with Gasteiger partial charge in [0.05, 0.1) is 11.3 Å². The summed E-state index contributed by atoms with van der Waals surface area (Å²) in [5.74, 6) is 0. The molecule has 0 N–H and O–H groups in total. The molecule has 1 aliphatic rings. The molecular weight excluding hydrogens is 368 g/mol. The normalized spacial score (nSPS) is 15.3. The predicted octanol–water partition coefficient (Wildman–Crippen LogP) is 2.97. The van der Waals surface area contributed by atoms with Crippen molar-refractivity contribution in [2.75, 3.05) is 31.1 Å². The topological polar surface area (TPSA) is 67.2 Å². The Kier molecular flexibility index (Phi) is 5.33. The van der Waals surface area contributed by atoms with Gasteiger partial charge in [0.25, 0.3) is 5.56 Å². The van der Waals surface area contributed by atoms with Crippen molar-refractivity contribution < 1.29 is 9.53 Å². The van der Waals surface area contributed by atoms with Gasteiger partial charge < -0.3 is 14.5 Å². The van der Waals surface area contributed by atoms with Crippen molar-refractivity contribution >= 4 is 29.0 Å². The molecule has 27 heavy (non-hydrogen) atoms. The van der Waals surface area contributed by atoms with Gasteiger partial charge in [0.1, 0.15) is 16.4 Å². The summed E-state index contributed by atoms with van der Waals surface area (Å²) in [5.41, 5.74) is 1.32. The quantitative estimate of drug-likeness (QED) is 0.735. The lowest BCUT2D eigenvalue weighted by molar-refractivity contribution is 0.0240. The zero-order valence-corrected chi connectivity index (χ0v) is 16.9. The Hall–Kier alpha value is -2.28.